The van der Waals surface area contributed by atoms with E-state index >= 15 is 0 Å². The Balaban J connectivity index is 3.17. The average Bonchev–Trinajstić information content (AvgIpc) is 1.83. The molecule has 0 nitrogen and oxygen atoms in total. The quantitative estimate of drug-likeness (QED) is 0.505. The minimum absolute atomic E-state index is 0.827. The largest absolute Gasteiger partial charge is 0.148 e. The van der Waals surface area contributed by atoms with Crippen molar-refractivity contribution < 1.29 is 0 Å². The average molecular weight is 124 g/mol. The molecule has 0 aliphatic carbocycles. The molecule has 0 amide bonds. The first-order chi connectivity index (χ1) is 4.16. The highest BCUT2D eigenvalue weighted by Gasteiger charge is 1.95. The first-order valence-electron chi connectivity index (χ1n) is 3.83. The maximum atomic E-state index is 3.95. The Kier molecular flexibility index (Phi) is 4.56. The molecule has 0 fully saturated rings. The highest BCUT2D eigenvalue weighted by atomic mass is 14.0. The molecule has 0 aromatic rings. The van der Waals surface area contributed by atoms with E-state index in [-0.39, 0.29) is 0 Å². The topological polar surface area (TPSA) is 0 Å². The van der Waals surface area contributed by atoms with E-state index in [0.717, 1.165) is 13.2 Å². The first kappa shape index (κ1) is 8.80. The molecule has 0 bridgehead atoms. The fourth-order valence-electron chi connectivity index (χ4n) is 0.670. The molecular formula is C8H17B. The van der Waals surface area contributed by atoms with Gasteiger partial charge in [0.2, 0.25) is 0 Å². The van der Waals surface area contributed by atoms with E-state index < -0.39 is 0 Å². The second-order valence-corrected chi connectivity index (χ2v) is 3.04. The van der Waals surface area contributed by atoms with Crippen LogP contribution < -0.4 is 0 Å². The van der Waals surface area contributed by atoms with Crippen LogP contribution in [0.4, 0.5) is 0 Å². The van der Waals surface area contributed by atoms with Crippen molar-refractivity contribution in [3.05, 3.63) is 12.1 Å². The summed E-state index contributed by atoms with van der Waals surface area (Å²) in [5, 5.41) is 0. The SMILES string of the molecule is C=C(BC)CCC(C)C. The lowest BCUT2D eigenvalue weighted by molar-refractivity contribution is 0.591. The minimum atomic E-state index is 0.827. The molecule has 0 aromatic heterocycles. The monoisotopic (exact) mass is 124 g/mol. The zero-order valence-electron chi connectivity index (χ0n) is 6.91. The second kappa shape index (κ2) is 4.66. The predicted molar refractivity (Wildman–Crippen MR) is 46.2 cm³/mol. The van der Waals surface area contributed by atoms with Gasteiger partial charge in [-0.25, -0.2) is 0 Å². The van der Waals surface area contributed by atoms with E-state index in [9.17, 15) is 0 Å². The van der Waals surface area contributed by atoms with E-state index in [1.54, 1.807) is 0 Å². The van der Waals surface area contributed by atoms with Crippen LogP contribution in [-0.4, -0.2) is 7.28 Å². The lowest BCUT2D eigenvalue weighted by Gasteiger charge is -2.03. The molecule has 0 saturated carbocycles. The van der Waals surface area contributed by atoms with Crippen molar-refractivity contribution >= 4 is 7.28 Å². The van der Waals surface area contributed by atoms with Crippen molar-refractivity contribution in [1.29, 1.82) is 0 Å². The van der Waals surface area contributed by atoms with Crippen molar-refractivity contribution in [2.45, 2.75) is 33.5 Å². The molecule has 0 aromatic carbocycles. The Morgan fingerprint density at radius 3 is 2.44 bits per heavy atom. The maximum absolute atomic E-state index is 3.95. The second-order valence-electron chi connectivity index (χ2n) is 3.04. The zero-order chi connectivity index (χ0) is 7.28. The molecule has 0 aliphatic rings. The molecule has 0 heterocycles. The van der Waals surface area contributed by atoms with Crippen LogP contribution in [0.25, 0.3) is 0 Å². The molecule has 0 atom stereocenters. The Hall–Kier alpha value is -0.195. The Morgan fingerprint density at radius 2 is 2.11 bits per heavy atom. The van der Waals surface area contributed by atoms with Crippen molar-refractivity contribution in [1.82, 2.24) is 0 Å². The van der Waals surface area contributed by atoms with Crippen molar-refractivity contribution in [2.75, 3.05) is 0 Å². The van der Waals surface area contributed by atoms with Gasteiger partial charge in [0, 0.05) is 0 Å². The molecular weight excluding hydrogens is 107 g/mol. The van der Waals surface area contributed by atoms with Gasteiger partial charge in [-0.3, -0.25) is 0 Å². The van der Waals surface area contributed by atoms with Gasteiger partial charge >= 0.3 is 0 Å². The number of hydrogen-bond acceptors (Lipinski definition) is 0. The molecule has 0 radical (unpaired) electrons. The van der Waals surface area contributed by atoms with Gasteiger partial charge in [0.05, 0.1) is 0 Å². The van der Waals surface area contributed by atoms with Crippen molar-refractivity contribution in [3.8, 4) is 0 Å². The summed E-state index contributed by atoms with van der Waals surface area (Å²) in [5.41, 5.74) is 1.39. The van der Waals surface area contributed by atoms with Gasteiger partial charge in [0.15, 0.2) is 0 Å². The molecule has 9 heavy (non-hydrogen) atoms. The minimum Gasteiger partial charge on any atom is -0.113 e. The molecule has 0 spiro atoms. The molecule has 0 saturated heterocycles. The summed E-state index contributed by atoms with van der Waals surface area (Å²) >= 11 is 0. The predicted octanol–water partition coefficient (Wildman–Crippen LogP) is 2.42. The molecule has 1 heteroatoms. The molecule has 0 unspecified atom stereocenters. The van der Waals surface area contributed by atoms with E-state index in [4.69, 9.17) is 0 Å². The van der Waals surface area contributed by atoms with E-state index in [1.807, 2.05) is 0 Å². The van der Waals surface area contributed by atoms with Crippen LogP contribution in [0.5, 0.6) is 0 Å². The van der Waals surface area contributed by atoms with E-state index in [2.05, 4.69) is 27.2 Å². The summed E-state index contributed by atoms with van der Waals surface area (Å²) in [4.78, 5) is 0. The third-order valence-electron chi connectivity index (χ3n) is 1.58. The highest BCUT2D eigenvalue weighted by molar-refractivity contribution is 6.43. The summed E-state index contributed by atoms with van der Waals surface area (Å²) in [6.45, 7) is 10.6. The number of rotatable bonds is 4. The lowest BCUT2D eigenvalue weighted by atomic mass is 9.71. The van der Waals surface area contributed by atoms with Crippen LogP contribution in [0.15, 0.2) is 12.1 Å². The number of hydrogen-bond donors (Lipinski definition) is 0. The van der Waals surface area contributed by atoms with Crippen molar-refractivity contribution in [2.24, 2.45) is 5.92 Å². The van der Waals surface area contributed by atoms with Gasteiger partial charge < -0.3 is 0 Å². The van der Waals surface area contributed by atoms with E-state index in [1.165, 1.54) is 18.3 Å². The van der Waals surface area contributed by atoms with Crippen LogP contribution >= 0.6 is 0 Å². The van der Waals surface area contributed by atoms with Crippen LogP contribution in [-0.2, 0) is 0 Å². The van der Waals surface area contributed by atoms with Crippen LogP contribution in [0, 0.1) is 5.92 Å². The Bertz CT molecular complexity index is 84.6. The molecule has 0 N–H and O–H groups in total. The third-order valence-corrected chi connectivity index (χ3v) is 1.58. The fraction of sp³-hybridized carbons (Fsp3) is 0.750. The molecule has 52 valence electrons. The van der Waals surface area contributed by atoms with Gasteiger partial charge in [-0.15, -0.1) is 12.1 Å². The van der Waals surface area contributed by atoms with Gasteiger partial charge in [-0.1, -0.05) is 20.7 Å². The van der Waals surface area contributed by atoms with Crippen LogP contribution in [0.1, 0.15) is 26.7 Å². The van der Waals surface area contributed by atoms with Crippen LogP contribution in [0.2, 0.25) is 6.82 Å². The van der Waals surface area contributed by atoms with Crippen molar-refractivity contribution in [3.63, 3.8) is 0 Å². The Morgan fingerprint density at radius 1 is 1.56 bits per heavy atom. The summed E-state index contributed by atoms with van der Waals surface area (Å²) in [6, 6.07) is 0. The highest BCUT2D eigenvalue weighted by Crippen LogP contribution is 2.08. The molecule has 0 aliphatic heterocycles. The Labute approximate surface area is 59.6 Å². The van der Waals surface area contributed by atoms with Gasteiger partial charge in [-0.05, 0) is 18.8 Å². The fourth-order valence-corrected chi connectivity index (χ4v) is 0.670. The summed E-state index contributed by atoms with van der Waals surface area (Å²) in [7, 11) is 1.15. The lowest BCUT2D eigenvalue weighted by Crippen LogP contribution is -1.92. The summed E-state index contributed by atoms with van der Waals surface area (Å²) in [6.07, 6.45) is 2.51. The van der Waals surface area contributed by atoms with Gasteiger partial charge in [0.1, 0.15) is 7.28 Å². The number of allylic oxidation sites excluding steroid dienone is 1. The smallest absolute Gasteiger partial charge is 0.113 e. The standard InChI is InChI=1S/C8H17B/c1-7(2)5-6-8(3)9-4/h7,9H,3,5-6H2,1-2,4H3. The van der Waals surface area contributed by atoms with Gasteiger partial charge in [0.25, 0.3) is 0 Å². The zero-order valence-corrected chi connectivity index (χ0v) is 6.91. The van der Waals surface area contributed by atoms with E-state index in [0.29, 0.717) is 0 Å². The maximum Gasteiger partial charge on any atom is 0.148 e. The molecule has 0 rings (SSSR count). The summed E-state index contributed by atoms with van der Waals surface area (Å²) in [5.74, 6) is 0.827. The third kappa shape index (κ3) is 5.68. The normalized spacial score (nSPS) is 9.78. The van der Waals surface area contributed by atoms with Gasteiger partial charge in [-0.2, -0.15) is 0 Å². The first-order valence-corrected chi connectivity index (χ1v) is 3.83. The summed E-state index contributed by atoms with van der Waals surface area (Å²) < 4.78 is 0. The van der Waals surface area contributed by atoms with Crippen LogP contribution in [0.3, 0.4) is 0 Å².